The van der Waals surface area contributed by atoms with Crippen LogP contribution in [-0.4, -0.2) is 18.1 Å². The molecule has 0 saturated carbocycles. The molecule has 2 aromatic carbocycles. The fraction of sp³-hybridized carbons (Fsp3) is 0. The van der Waals surface area contributed by atoms with Crippen molar-refractivity contribution in [3.63, 3.8) is 0 Å². The summed E-state index contributed by atoms with van der Waals surface area (Å²) in [5.41, 5.74) is 7.83. The first-order valence-electron chi connectivity index (χ1n) is 7.51. The third-order valence-corrected chi connectivity index (χ3v) is 5.43. The summed E-state index contributed by atoms with van der Waals surface area (Å²) in [5.74, 6) is 0.139. The van der Waals surface area contributed by atoms with Gasteiger partial charge >= 0.3 is 0 Å². The number of nitrogen functional groups attached to an aromatic ring is 1. The Morgan fingerprint density at radius 3 is 2.56 bits per heavy atom. The molecule has 0 spiro atoms. The lowest BCUT2D eigenvalue weighted by Crippen LogP contribution is -2.03. The maximum Gasteiger partial charge on any atom is 0.220 e. The average Bonchev–Trinajstić information content (AvgIpc) is 3.03. The van der Waals surface area contributed by atoms with E-state index in [2.05, 4.69) is 9.97 Å². The normalized spacial score (nSPS) is 12.4. The van der Waals surface area contributed by atoms with Crippen LogP contribution in [0.2, 0.25) is 5.02 Å². The van der Waals surface area contributed by atoms with E-state index in [1.807, 2.05) is 54.6 Å². The zero-order valence-corrected chi connectivity index (χ0v) is 14.5. The largest absolute Gasteiger partial charge is 0.368 e. The van der Waals surface area contributed by atoms with Gasteiger partial charge in [0.25, 0.3) is 0 Å². The van der Waals surface area contributed by atoms with Gasteiger partial charge in [0, 0.05) is 17.1 Å². The molecule has 0 fully saturated rings. The van der Waals surface area contributed by atoms with Gasteiger partial charge in [0.1, 0.15) is 0 Å². The van der Waals surface area contributed by atoms with Gasteiger partial charge in [0.2, 0.25) is 5.95 Å². The van der Waals surface area contributed by atoms with Crippen LogP contribution in [0, 0.1) is 0 Å². The van der Waals surface area contributed by atoms with E-state index in [0.717, 1.165) is 16.5 Å². The number of hydrogen-bond donors (Lipinski definition) is 1. The van der Waals surface area contributed by atoms with Crippen LogP contribution in [0.3, 0.4) is 0 Å². The van der Waals surface area contributed by atoms with Crippen molar-refractivity contribution >= 4 is 39.4 Å². The molecular formula is C18H13ClN4OS. The Hall–Kier alpha value is -2.70. The van der Waals surface area contributed by atoms with Crippen LogP contribution in [0.15, 0.2) is 71.9 Å². The van der Waals surface area contributed by atoms with E-state index in [1.54, 1.807) is 10.2 Å². The van der Waals surface area contributed by atoms with Gasteiger partial charge < -0.3 is 5.73 Å². The first-order valence-corrected chi connectivity index (χ1v) is 8.99. The minimum Gasteiger partial charge on any atom is -0.368 e. The number of rotatable bonds is 3. The lowest BCUT2D eigenvalue weighted by molar-refractivity contribution is 0.678. The van der Waals surface area contributed by atoms with Crippen LogP contribution < -0.4 is 5.73 Å². The SMILES string of the molecule is Nc1ncc(Cl)c(-c2cn(S(=O)c3ccccc3)c3ccccc23)n1. The number of benzene rings is 2. The van der Waals surface area contributed by atoms with E-state index in [1.165, 1.54) is 6.20 Å². The second-order valence-corrected chi connectivity index (χ2v) is 7.14. The summed E-state index contributed by atoms with van der Waals surface area (Å²) in [6.45, 7) is 0. The zero-order valence-electron chi connectivity index (χ0n) is 13.0. The van der Waals surface area contributed by atoms with Gasteiger partial charge in [0.15, 0.2) is 11.0 Å². The molecule has 2 N–H and O–H groups in total. The highest BCUT2D eigenvalue weighted by molar-refractivity contribution is 7.83. The van der Waals surface area contributed by atoms with Crippen molar-refractivity contribution in [3.8, 4) is 11.3 Å². The Kier molecular flexibility index (Phi) is 3.99. The molecule has 4 rings (SSSR count). The van der Waals surface area contributed by atoms with E-state index in [4.69, 9.17) is 17.3 Å². The van der Waals surface area contributed by atoms with Gasteiger partial charge in [-0.25, -0.2) is 14.2 Å². The van der Waals surface area contributed by atoms with Crippen LogP contribution in [0.5, 0.6) is 0 Å². The quantitative estimate of drug-likeness (QED) is 0.595. The third-order valence-electron chi connectivity index (χ3n) is 3.82. The van der Waals surface area contributed by atoms with Crippen molar-refractivity contribution < 1.29 is 4.21 Å². The second kappa shape index (κ2) is 6.31. The number of hydrogen-bond acceptors (Lipinski definition) is 4. The highest BCUT2D eigenvalue weighted by Crippen LogP contribution is 2.34. The molecule has 124 valence electrons. The molecule has 25 heavy (non-hydrogen) atoms. The molecule has 0 saturated heterocycles. The maximum atomic E-state index is 13.0. The average molecular weight is 369 g/mol. The number of fused-ring (bicyclic) bond motifs is 1. The monoisotopic (exact) mass is 368 g/mol. The highest BCUT2D eigenvalue weighted by Gasteiger charge is 2.18. The standard InChI is InChI=1S/C18H13ClN4OS/c19-15-10-21-18(20)22-17(15)14-11-23(16-9-5-4-8-13(14)16)25(24)12-6-2-1-3-7-12/h1-11H,(H2,20,21,22). The van der Waals surface area contributed by atoms with Gasteiger partial charge in [-0.05, 0) is 18.2 Å². The van der Waals surface area contributed by atoms with Crippen molar-refractivity contribution in [2.24, 2.45) is 0 Å². The Bertz CT molecular complexity index is 1090. The summed E-state index contributed by atoms with van der Waals surface area (Å²) >= 11 is 6.27. The number of aromatic nitrogens is 3. The molecule has 2 heterocycles. The van der Waals surface area contributed by atoms with E-state index in [-0.39, 0.29) is 5.95 Å². The fourth-order valence-corrected chi connectivity index (χ4v) is 4.04. The Balaban J connectivity index is 1.96. The van der Waals surface area contributed by atoms with Crippen LogP contribution >= 0.6 is 11.6 Å². The molecule has 7 heteroatoms. The molecule has 1 unspecified atom stereocenters. The van der Waals surface area contributed by atoms with Gasteiger partial charge in [-0.3, -0.25) is 3.97 Å². The van der Waals surface area contributed by atoms with Gasteiger partial charge in [-0.15, -0.1) is 0 Å². The fourth-order valence-electron chi connectivity index (χ4n) is 2.70. The Labute approximate surface area is 151 Å². The Morgan fingerprint density at radius 2 is 1.76 bits per heavy atom. The molecule has 0 aliphatic carbocycles. The molecule has 0 bridgehead atoms. The number of para-hydroxylation sites is 1. The summed E-state index contributed by atoms with van der Waals surface area (Å²) in [5, 5.41) is 1.29. The number of anilines is 1. The lowest BCUT2D eigenvalue weighted by atomic mass is 10.1. The second-order valence-electron chi connectivity index (χ2n) is 5.37. The minimum atomic E-state index is -1.39. The minimum absolute atomic E-state index is 0.139. The molecule has 5 nitrogen and oxygen atoms in total. The van der Waals surface area contributed by atoms with E-state index in [0.29, 0.717) is 15.6 Å². The predicted molar refractivity (Wildman–Crippen MR) is 101 cm³/mol. The van der Waals surface area contributed by atoms with Crippen LogP contribution in [0.1, 0.15) is 0 Å². The highest BCUT2D eigenvalue weighted by atomic mass is 35.5. The number of nitrogens with two attached hydrogens (primary N) is 1. The molecule has 1 atom stereocenters. The van der Waals surface area contributed by atoms with Crippen LogP contribution in [0.25, 0.3) is 22.2 Å². The lowest BCUT2D eigenvalue weighted by Gasteiger charge is -2.04. The van der Waals surface area contributed by atoms with Crippen molar-refractivity contribution in [1.82, 2.24) is 13.9 Å². The zero-order chi connectivity index (χ0) is 17.4. The number of halogens is 1. The summed E-state index contributed by atoms with van der Waals surface area (Å²) in [6.07, 6.45) is 3.26. The number of nitrogens with zero attached hydrogens (tertiary/aromatic N) is 3. The summed E-state index contributed by atoms with van der Waals surface area (Å²) in [7, 11) is -1.39. The van der Waals surface area contributed by atoms with Gasteiger partial charge in [0.05, 0.1) is 27.3 Å². The summed E-state index contributed by atoms with van der Waals surface area (Å²) < 4.78 is 14.8. The first-order chi connectivity index (χ1) is 12.1. The molecule has 4 aromatic rings. The molecule has 0 aliphatic heterocycles. The van der Waals surface area contributed by atoms with Gasteiger partial charge in [-0.2, -0.15) is 0 Å². The smallest absolute Gasteiger partial charge is 0.220 e. The van der Waals surface area contributed by atoms with Crippen molar-refractivity contribution in [1.29, 1.82) is 0 Å². The maximum absolute atomic E-state index is 13.0. The van der Waals surface area contributed by atoms with Crippen molar-refractivity contribution in [3.05, 3.63) is 72.0 Å². The molecule has 0 radical (unpaired) electrons. The molecule has 0 amide bonds. The van der Waals surface area contributed by atoms with Crippen LogP contribution in [-0.2, 0) is 11.0 Å². The third kappa shape index (κ3) is 2.79. The molecular weight excluding hydrogens is 356 g/mol. The van der Waals surface area contributed by atoms with E-state index in [9.17, 15) is 4.21 Å². The summed E-state index contributed by atoms with van der Waals surface area (Å²) in [6, 6.07) is 17.0. The van der Waals surface area contributed by atoms with Gasteiger partial charge in [-0.1, -0.05) is 48.0 Å². The molecule has 2 aromatic heterocycles. The van der Waals surface area contributed by atoms with Crippen LogP contribution in [0.4, 0.5) is 5.95 Å². The van der Waals surface area contributed by atoms with Crippen molar-refractivity contribution in [2.75, 3.05) is 5.73 Å². The molecule has 0 aliphatic rings. The van der Waals surface area contributed by atoms with E-state index >= 15 is 0 Å². The summed E-state index contributed by atoms with van der Waals surface area (Å²) in [4.78, 5) is 8.87. The topological polar surface area (TPSA) is 73.8 Å². The predicted octanol–water partition coefficient (Wildman–Crippen LogP) is 3.90. The van der Waals surface area contributed by atoms with E-state index < -0.39 is 11.0 Å². The van der Waals surface area contributed by atoms with Crippen molar-refractivity contribution in [2.45, 2.75) is 4.90 Å². The first kappa shape index (κ1) is 15.8. The Morgan fingerprint density at radius 1 is 1.04 bits per heavy atom.